The number of carbonyl (C=O) groups excluding carboxylic acids is 2. The number of hydrogen-bond acceptors (Lipinski definition) is 5. The summed E-state index contributed by atoms with van der Waals surface area (Å²) in [6, 6.07) is 13.1. The molecule has 1 aliphatic heterocycles. The van der Waals surface area contributed by atoms with Gasteiger partial charge in [-0.1, -0.05) is 18.2 Å². The summed E-state index contributed by atoms with van der Waals surface area (Å²) in [5, 5.41) is 10.1. The molecule has 8 nitrogen and oxygen atoms in total. The number of rotatable bonds is 6. The molecule has 2 aromatic rings. The second-order valence-corrected chi connectivity index (χ2v) is 8.16. The number of aromatic nitrogens is 1. The lowest BCUT2D eigenvalue weighted by Crippen LogP contribution is -2.34. The van der Waals surface area contributed by atoms with Gasteiger partial charge < -0.3 is 20.1 Å². The number of amides is 2. The standard InChI is InChI=1S/C21H23N3O3.C2HF3O2/c25-19(14-27-17-4-2-1-3-5-17)24-11-8-21(15-24)12-18(21)20(26)23-13-16-6-9-22-10-7-16;3-2(4,5)1(6)7/h1-7,9-10,18H,8,11-15H2,(H,23,26);(H,6,7). The maximum Gasteiger partial charge on any atom is 0.490 e. The van der Waals surface area contributed by atoms with Crippen LogP contribution in [0, 0.1) is 11.3 Å². The molecule has 182 valence electrons. The van der Waals surface area contributed by atoms with Crippen molar-refractivity contribution in [3.63, 3.8) is 0 Å². The zero-order valence-corrected chi connectivity index (χ0v) is 18.1. The van der Waals surface area contributed by atoms with Crippen molar-refractivity contribution in [2.24, 2.45) is 11.3 Å². The van der Waals surface area contributed by atoms with Crippen LogP contribution in [-0.4, -0.2) is 58.6 Å². The average Bonchev–Trinajstić information content (AvgIpc) is 3.36. The van der Waals surface area contributed by atoms with E-state index in [4.69, 9.17) is 14.6 Å². The van der Waals surface area contributed by atoms with Crippen LogP contribution in [0.4, 0.5) is 13.2 Å². The fraction of sp³-hybridized carbons (Fsp3) is 0.391. The van der Waals surface area contributed by atoms with Crippen LogP contribution in [0.15, 0.2) is 54.9 Å². The molecule has 2 amide bonds. The number of hydrogen-bond donors (Lipinski definition) is 2. The van der Waals surface area contributed by atoms with Crippen LogP contribution in [0.5, 0.6) is 5.75 Å². The van der Waals surface area contributed by atoms with Crippen molar-refractivity contribution >= 4 is 17.8 Å². The lowest BCUT2D eigenvalue weighted by atomic mass is 10.0. The fourth-order valence-corrected chi connectivity index (χ4v) is 3.84. The van der Waals surface area contributed by atoms with Gasteiger partial charge in [-0.2, -0.15) is 13.2 Å². The number of benzene rings is 1. The summed E-state index contributed by atoms with van der Waals surface area (Å²) in [7, 11) is 0. The van der Waals surface area contributed by atoms with Crippen LogP contribution in [0.1, 0.15) is 18.4 Å². The van der Waals surface area contributed by atoms with E-state index < -0.39 is 12.1 Å². The van der Waals surface area contributed by atoms with E-state index in [1.807, 2.05) is 47.4 Å². The van der Waals surface area contributed by atoms with Crippen molar-refractivity contribution in [1.29, 1.82) is 0 Å². The predicted octanol–water partition coefficient (Wildman–Crippen LogP) is 2.65. The van der Waals surface area contributed by atoms with Crippen molar-refractivity contribution in [3.8, 4) is 5.75 Å². The predicted molar refractivity (Wildman–Crippen MR) is 113 cm³/mol. The molecule has 2 N–H and O–H groups in total. The number of carboxylic acids is 1. The normalized spacial score (nSPS) is 20.8. The zero-order valence-electron chi connectivity index (χ0n) is 18.1. The molecular formula is C23H24F3N3O5. The van der Waals surface area contributed by atoms with Crippen molar-refractivity contribution in [3.05, 3.63) is 60.4 Å². The highest BCUT2D eigenvalue weighted by Crippen LogP contribution is 2.58. The minimum absolute atomic E-state index is 0.00665. The highest BCUT2D eigenvalue weighted by atomic mass is 19.4. The van der Waals surface area contributed by atoms with Crippen LogP contribution in [-0.2, 0) is 20.9 Å². The number of pyridine rings is 1. The Kier molecular flexibility index (Phi) is 7.75. The molecular weight excluding hydrogens is 455 g/mol. The zero-order chi connectivity index (χ0) is 24.8. The van der Waals surface area contributed by atoms with E-state index in [1.54, 1.807) is 12.4 Å². The lowest BCUT2D eigenvalue weighted by Gasteiger charge is -2.17. The van der Waals surface area contributed by atoms with Gasteiger partial charge in [0, 0.05) is 43.4 Å². The largest absolute Gasteiger partial charge is 0.490 e. The van der Waals surface area contributed by atoms with Gasteiger partial charge in [0.15, 0.2) is 6.61 Å². The number of alkyl halides is 3. The third-order valence-electron chi connectivity index (χ3n) is 5.81. The molecule has 2 fully saturated rings. The van der Waals surface area contributed by atoms with Crippen LogP contribution in [0.3, 0.4) is 0 Å². The van der Waals surface area contributed by atoms with E-state index in [1.165, 1.54) is 0 Å². The second-order valence-electron chi connectivity index (χ2n) is 8.16. The Morgan fingerprint density at radius 3 is 2.41 bits per heavy atom. The van der Waals surface area contributed by atoms with Gasteiger partial charge in [0.25, 0.3) is 5.91 Å². The molecule has 1 aromatic carbocycles. The van der Waals surface area contributed by atoms with Gasteiger partial charge in [0.1, 0.15) is 5.75 Å². The van der Waals surface area contributed by atoms with Gasteiger partial charge in [-0.3, -0.25) is 14.6 Å². The molecule has 1 saturated heterocycles. The monoisotopic (exact) mass is 479 g/mol. The number of nitrogens with one attached hydrogen (secondary N) is 1. The van der Waals surface area contributed by atoms with E-state index in [2.05, 4.69) is 10.3 Å². The molecule has 2 unspecified atom stereocenters. The summed E-state index contributed by atoms with van der Waals surface area (Å²) >= 11 is 0. The Morgan fingerprint density at radius 1 is 1.15 bits per heavy atom. The first-order valence-corrected chi connectivity index (χ1v) is 10.5. The Hall–Kier alpha value is -3.63. The maximum absolute atomic E-state index is 12.5. The van der Waals surface area contributed by atoms with E-state index in [0.29, 0.717) is 25.4 Å². The molecule has 1 spiro atoms. The van der Waals surface area contributed by atoms with Crippen LogP contribution < -0.4 is 10.1 Å². The number of aliphatic carboxylic acids is 1. The lowest BCUT2D eigenvalue weighted by molar-refractivity contribution is -0.192. The number of carbonyl (C=O) groups is 3. The van der Waals surface area contributed by atoms with Gasteiger partial charge in [-0.25, -0.2) is 4.79 Å². The minimum atomic E-state index is -5.08. The summed E-state index contributed by atoms with van der Waals surface area (Å²) in [5.41, 5.74) is 0.999. The quantitative estimate of drug-likeness (QED) is 0.660. The fourth-order valence-electron chi connectivity index (χ4n) is 3.84. The van der Waals surface area contributed by atoms with Crippen molar-refractivity contribution < 1.29 is 37.4 Å². The van der Waals surface area contributed by atoms with E-state index in [9.17, 15) is 22.8 Å². The highest BCUT2D eigenvalue weighted by Gasteiger charge is 2.61. The van der Waals surface area contributed by atoms with Gasteiger partial charge in [-0.05, 0) is 42.7 Å². The van der Waals surface area contributed by atoms with E-state index >= 15 is 0 Å². The molecule has 1 aliphatic carbocycles. The van der Waals surface area contributed by atoms with Crippen molar-refractivity contribution in [1.82, 2.24) is 15.2 Å². The Bertz CT molecular complexity index is 948. The van der Waals surface area contributed by atoms with Gasteiger partial charge in [0.05, 0.1) is 0 Å². The molecule has 11 heteroatoms. The first kappa shape index (κ1) is 25.0. The minimum Gasteiger partial charge on any atom is -0.484 e. The number of nitrogens with zero attached hydrogens (tertiary/aromatic N) is 2. The maximum atomic E-state index is 12.5. The number of halogens is 3. The topological polar surface area (TPSA) is 109 Å². The molecule has 2 heterocycles. The number of para-hydroxylation sites is 1. The summed E-state index contributed by atoms with van der Waals surface area (Å²) < 4.78 is 37.3. The Morgan fingerprint density at radius 2 is 1.79 bits per heavy atom. The SMILES string of the molecule is O=C(NCc1ccncc1)C1CC12CCN(C(=O)COc1ccccc1)C2.O=C(O)C(F)(F)F. The van der Waals surface area contributed by atoms with Gasteiger partial charge >= 0.3 is 12.1 Å². The van der Waals surface area contributed by atoms with Gasteiger partial charge in [0.2, 0.25) is 5.91 Å². The molecule has 34 heavy (non-hydrogen) atoms. The van der Waals surface area contributed by atoms with Crippen molar-refractivity contribution in [2.75, 3.05) is 19.7 Å². The van der Waals surface area contributed by atoms with Crippen molar-refractivity contribution in [2.45, 2.75) is 25.6 Å². The molecule has 2 aliphatic rings. The first-order valence-electron chi connectivity index (χ1n) is 10.5. The highest BCUT2D eigenvalue weighted by molar-refractivity contribution is 5.84. The Balaban J connectivity index is 0.000000406. The van der Waals surface area contributed by atoms with E-state index in [-0.39, 0.29) is 29.8 Å². The van der Waals surface area contributed by atoms with Crippen LogP contribution >= 0.6 is 0 Å². The number of carboxylic acid groups (broad SMARTS) is 1. The summed E-state index contributed by atoms with van der Waals surface area (Å²) in [6.07, 6.45) is 0.103. The summed E-state index contributed by atoms with van der Waals surface area (Å²) in [5.74, 6) is -1.99. The molecule has 1 aromatic heterocycles. The molecule has 0 bridgehead atoms. The Labute approximate surface area is 193 Å². The summed E-state index contributed by atoms with van der Waals surface area (Å²) in [4.78, 5) is 39.6. The third-order valence-corrected chi connectivity index (χ3v) is 5.81. The number of likely N-dealkylation sites (tertiary alicyclic amines) is 1. The second kappa shape index (κ2) is 10.5. The molecule has 1 saturated carbocycles. The van der Waals surface area contributed by atoms with E-state index in [0.717, 1.165) is 18.4 Å². The summed E-state index contributed by atoms with van der Waals surface area (Å²) in [6.45, 7) is 1.91. The van der Waals surface area contributed by atoms with Crippen LogP contribution in [0.2, 0.25) is 0 Å². The first-order chi connectivity index (χ1) is 16.1. The molecule has 2 atom stereocenters. The van der Waals surface area contributed by atoms with Crippen LogP contribution in [0.25, 0.3) is 0 Å². The van der Waals surface area contributed by atoms with Gasteiger partial charge in [-0.15, -0.1) is 0 Å². The third kappa shape index (κ3) is 6.69. The number of ether oxygens (including phenoxy) is 1. The molecule has 0 radical (unpaired) electrons. The smallest absolute Gasteiger partial charge is 0.484 e. The molecule has 4 rings (SSSR count). The average molecular weight is 479 g/mol.